The van der Waals surface area contributed by atoms with E-state index in [1.165, 1.54) is 94.3 Å². The molecule has 4 aromatic carbocycles. The van der Waals surface area contributed by atoms with E-state index < -0.39 is 17.7 Å². The Hall–Kier alpha value is -6.51. The fraction of sp³-hybridized carbons (Fsp3) is 0.250. The molecule has 0 aliphatic rings. The quantitative estimate of drug-likeness (QED) is 0.142. The molecule has 51 heavy (non-hydrogen) atoms. The largest absolute Gasteiger partial charge is 0.493 e. The van der Waals surface area contributed by atoms with Crippen molar-refractivity contribution < 1.29 is 57.0 Å². The van der Waals surface area contributed by atoms with Crippen molar-refractivity contribution >= 4 is 34.8 Å². The van der Waals surface area contributed by atoms with Crippen LogP contribution < -0.4 is 58.6 Å². The molecule has 3 amide bonds. The van der Waals surface area contributed by atoms with Crippen molar-refractivity contribution in [1.29, 1.82) is 0 Å². The summed E-state index contributed by atoms with van der Waals surface area (Å²) < 4.78 is 48.5. The molecule has 15 nitrogen and oxygen atoms in total. The zero-order valence-electron chi connectivity index (χ0n) is 29.6. The highest BCUT2D eigenvalue weighted by molar-refractivity contribution is 6.12. The Balaban J connectivity index is 1.76. The summed E-state index contributed by atoms with van der Waals surface area (Å²) in [6.45, 7) is 0. The van der Waals surface area contributed by atoms with Crippen LogP contribution in [0.3, 0.4) is 0 Å². The second kappa shape index (κ2) is 16.7. The Morgan fingerprint density at radius 2 is 0.569 bits per heavy atom. The molecule has 15 heteroatoms. The fourth-order valence-corrected chi connectivity index (χ4v) is 5.09. The summed E-state index contributed by atoms with van der Waals surface area (Å²) in [6, 6.07) is 13.3. The average Bonchev–Trinajstić information content (AvgIpc) is 3.15. The predicted octanol–water partition coefficient (Wildman–Crippen LogP) is 5.52. The number of carbonyl (C=O) groups excluding carboxylic acids is 3. The number of hydrogen-bond donors (Lipinski definition) is 3. The highest BCUT2D eigenvalue weighted by atomic mass is 16.5. The van der Waals surface area contributed by atoms with E-state index in [1.54, 1.807) is 24.3 Å². The third-order valence-electron chi connectivity index (χ3n) is 7.49. The van der Waals surface area contributed by atoms with Gasteiger partial charge in [0.15, 0.2) is 34.5 Å². The van der Waals surface area contributed by atoms with Crippen molar-refractivity contribution in [2.45, 2.75) is 0 Å². The van der Waals surface area contributed by atoms with Gasteiger partial charge in [-0.1, -0.05) is 0 Å². The summed E-state index contributed by atoms with van der Waals surface area (Å²) in [5.74, 6) is 0.892. The Morgan fingerprint density at radius 1 is 0.333 bits per heavy atom. The van der Waals surface area contributed by atoms with E-state index in [2.05, 4.69) is 16.0 Å². The first-order chi connectivity index (χ1) is 24.6. The van der Waals surface area contributed by atoms with Gasteiger partial charge >= 0.3 is 0 Å². The van der Waals surface area contributed by atoms with Gasteiger partial charge in [-0.15, -0.1) is 0 Å². The van der Waals surface area contributed by atoms with Crippen molar-refractivity contribution in [3.8, 4) is 51.7 Å². The number of ether oxygens (including phenoxy) is 9. The molecule has 0 heterocycles. The number of amides is 3. The third kappa shape index (κ3) is 8.21. The minimum atomic E-state index is -0.616. The molecule has 0 aliphatic carbocycles. The summed E-state index contributed by atoms with van der Waals surface area (Å²) in [5.41, 5.74) is 0.957. The molecular formula is C36H39N3O12. The number of methoxy groups -OCH3 is 9. The monoisotopic (exact) mass is 705 g/mol. The van der Waals surface area contributed by atoms with Crippen LogP contribution in [0.2, 0.25) is 0 Å². The van der Waals surface area contributed by atoms with Gasteiger partial charge < -0.3 is 58.6 Å². The first-order valence-electron chi connectivity index (χ1n) is 15.1. The summed E-state index contributed by atoms with van der Waals surface area (Å²) in [5, 5.41) is 8.32. The number of anilines is 3. The zero-order valence-corrected chi connectivity index (χ0v) is 29.6. The van der Waals surface area contributed by atoms with Crippen LogP contribution in [-0.2, 0) is 0 Å². The highest BCUT2D eigenvalue weighted by Crippen LogP contribution is 2.42. The molecule has 0 unspecified atom stereocenters. The Morgan fingerprint density at radius 3 is 0.824 bits per heavy atom. The lowest BCUT2D eigenvalue weighted by Gasteiger charge is -2.16. The van der Waals surface area contributed by atoms with Gasteiger partial charge in [-0.25, -0.2) is 0 Å². The summed E-state index contributed by atoms with van der Waals surface area (Å²) in [4.78, 5) is 41.0. The van der Waals surface area contributed by atoms with Crippen LogP contribution in [0.4, 0.5) is 17.1 Å². The smallest absolute Gasteiger partial charge is 0.255 e. The van der Waals surface area contributed by atoms with Crippen molar-refractivity contribution in [1.82, 2.24) is 0 Å². The topological polar surface area (TPSA) is 170 Å². The van der Waals surface area contributed by atoms with Gasteiger partial charge in [-0.05, 0) is 30.3 Å². The highest BCUT2D eigenvalue weighted by Gasteiger charge is 2.21. The van der Waals surface area contributed by atoms with Gasteiger partial charge in [0.05, 0.1) is 64.0 Å². The number of carbonyl (C=O) groups is 3. The molecule has 0 atom stereocenters. The molecule has 0 radical (unpaired) electrons. The molecule has 4 aromatic rings. The summed E-state index contributed by atoms with van der Waals surface area (Å²) in [6.07, 6.45) is 0. The fourth-order valence-electron chi connectivity index (χ4n) is 5.09. The van der Waals surface area contributed by atoms with Crippen molar-refractivity contribution in [2.24, 2.45) is 0 Å². The minimum absolute atomic E-state index is 0.0292. The molecule has 0 aliphatic heterocycles. The van der Waals surface area contributed by atoms with E-state index in [1.807, 2.05) is 0 Å². The van der Waals surface area contributed by atoms with Gasteiger partial charge in [0.2, 0.25) is 17.2 Å². The lowest BCUT2D eigenvalue weighted by Crippen LogP contribution is -2.18. The first-order valence-corrected chi connectivity index (χ1v) is 15.1. The van der Waals surface area contributed by atoms with Gasteiger partial charge in [0.1, 0.15) is 0 Å². The molecular weight excluding hydrogens is 666 g/mol. The van der Waals surface area contributed by atoms with Crippen LogP contribution >= 0.6 is 0 Å². The van der Waals surface area contributed by atoms with E-state index in [-0.39, 0.29) is 33.9 Å². The second-order valence-electron chi connectivity index (χ2n) is 10.4. The number of benzene rings is 4. The molecule has 4 rings (SSSR count). The van der Waals surface area contributed by atoms with Crippen molar-refractivity contribution in [2.75, 3.05) is 79.9 Å². The third-order valence-corrected chi connectivity index (χ3v) is 7.49. The van der Waals surface area contributed by atoms with Crippen LogP contribution in [0.1, 0.15) is 31.1 Å². The lowest BCUT2D eigenvalue weighted by atomic mass is 10.1. The van der Waals surface area contributed by atoms with E-state index >= 15 is 0 Å². The summed E-state index contributed by atoms with van der Waals surface area (Å²) >= 11 is 0. The molecule has 3 N–H and O–H groups in total. The van der Waals surface area contributed by atoms with Gasteiger partial charge in [0, 0.05) is 58.0 Å². The van der Waals surface area contributed by atoms with E-state index in [9.17, 15) is 14.4 Å². The molecule has 0 bridgehead atoms. The second-order valence-corrected chi connectivity index (χ2v) is 10.4. The SMILES string of the molecule is COc1cc(NC(=O)c2cc(NC(=O)c3cc(OC)c(OC)c(OC)c3)cc(C(=O)Nc3cc(OC)c(OC)c(OC)c3)c2)cc(OC)c1OC. The van der Waals surface area contributed by atoms with Gasteiger partial charge in [0.25, 0.3) is 17.7 Å². The summed E-state index contributed by atoms with van der Waals surface area (Å²) in [7, 11) is 13.0. The maximum Gasteiger partial charge on any atom is 0.255 e. The molecule has 0 saturated carbocycles. The molecule has 0 spiro atoms. The predicted molar refractivity (Wildman–Crippen MR) is 189 cm³/mol. The van der Waals surface area contributed by atoms with Crippen LogP contribution in [0.25, 0.3) is 0 Å². The number of hydrogen-bond acceptors (Lipinski definition) is 12. The molecule has 0 saturated heterocycles. The average molecular weight is 706 g/mol. The Labute approximate surface area is 294 Å². The molecule has 270 valence electrons. The lowest BCUT2D eigenvalue weighted by molar-refractivity contribution is 0.101. The number of nitrogens with one attached hydrogen (secondary N) is 3. The number of rotatable bonds is 15. The van der Waals surface area contributed by atoms with Gasteiger partial charge in [-0.2, -0.15) is 0 Å². The zero-order chi connectivity index (χ0) is 37.2. The molecule has 0 aromatic heterocycles. The maximum atomic E-state index is 13.7. The Kier molecular flexibility index (Phi) is 12.2. The Bertz CT molecular complexity index is 1760. The van der Waals surface area contributed by atoms with Crippen LogP contribution in [0.15, 0.2) is 54.6 Å². The molecule has 0 fully saturated rings. The maximum absolute atomic E-state index is 13.7. The normalized spacial score (nSPS) is 10.3. The van der Waals surface area contributed by atoms with E-state index in [4.69, 9.17) is 42.6 Å². The van der Waals surface area contributed by atoms with E-state index in [0.29, 0.717) is 51.6 Å². The first kappa shape index (κ1) is 37.3. The van der Waals surface area contributed by atoms with Crippen molar-refractivity contribution in [3.63, 3.8) is 0 Å². The van der Waals surface area contributed by atoms with Crippen LogP contribution in [0, 0.1) is 0 Å². The van der Waals surface area contributed by atoms with Crippen LogP contribution in [0.5, 0.6) is 51.7 Å². The van der Waals surface area contributed by atoms with Crippen LogP contribution in [-0.4, -0.2) is 81.7 Å². The van der Waals surface area contributed by atoms with E-state index in [0.717, 1.165) is 0 Å². The van der Waals surface area contributed by atoms with Crippen molar-refractivity contribution in [3.05, 3.63) is 71.3 Å². The minimum Gasteiger partial charge on any atom is -0.493 e. The standard InChI is InChI=1S/C36H39N3O12/c1-43-25-13-21(14-26(44-2)31(25)49-7)36(42)37-22-11-19(34(40)38-23-15-27(45-3)32(50-8)28(16-23)46-4)10-20(12-22)35(41)39-24-17-29(47-5)33(51-9)30(18-24)48-6/h10-18H,1-9H3,(H,37,42)(H,38,40)(H,39,41). The van der Waals surface area contributed by atoms with Gasteiger partial charge in [-0.3, -0.25) is 14.4 Å².